The van der Waals surface area contributed by atoms with Crippen molar-refractivity contribution in [3.05, 3.63) is 45.0 Å². The summed E-state index contributed by atoms with van der Waals surface area (Å²) in [7, 11) is 1.72. The third kappa shape index (κ3) is 3.11. The molecule has 0 fully saturated rings. The van der Waals surface area contributed by atoms with Crippen LogP contribution in [0.5, 0.6) is 0 Å². The molecule has 0 spiro atoms. The highest BCUT2D eigenvalue weighted by Crippen LogP contribution is 2.35. The van der Waals surface area contributed by atoms with Gasteiger partial charge in [0.15, 0.2) is 5.16 Å². The summed E-state index contributed by atoms with van der Waals surface area (Å²) >= 11 is 2.89. The third-order valence-electron chi connectivity index (χ3n) is 4.28. The zero-order valence-corrected chi connectivity index (χ0v) is 15.3. The van der Waals surface area contributed by atoms with Crippen molar-refractivity contribution in [3.8, 4) is 0 Å². The average Bonchev–Trinajstić information content (AvgIpc) is 3.31. The smallest absolute Gasteiger partial charge is 0.262 e. The number of hydrogen-bond donors (Lipinski definition) is 1. The Balaban J connectivity index is 1.49. The maximum Gasteiger partial charge on any atom is 0.262 e. The van der Waals surface area contributed by atoms with Gasteiger partial charge in [-0.25, -0.2) is 4.98 Å². The maximum absolute atomic E-state index is 12.7. The van der Waals surface area contributed by atoms with Crippen LogP contribution in [-0.4, -0.2) is 21.2 Å². The quantitative estimate of drug-likeness (QED) is 0.548. The van der Waals surface area contributed by atoms with Gasteiger partial charge in [0.1, 0.15) is 10.6 Å². The van der Waals surface area contributed by atoms with Gasteiger partial charge in [-0.05, 0) is 37.0 Å². The summed E-state index contributed by atoms with van der Waals surface area (Å²) in [6.45, 7) is 0.357. The number of carbonyl (C=O) groups is 1. The molecule has 0 saturated heterocycles. The Bertz CT molecular complexity index is 989. The number of aromatic nitrogens is 2. The van der Waals surface area contributed by atoms with E-state index in [2.05, 4.69) is 10.3 Å². The Morgan fingerprint density at radius 1 is 1.48 bits per heavy atom. The Morgan fingerprint density at radius 3 is 3.16 bits per heavy atom. The van der Waals surface area contributed by atoms with Crippen molar-refractivity contribution in [2.45, 2.75) is 31.0 Å². The van der Waals surface area contributed by atoms with E-state index in [0.717, 1.165) is 29.5 Å². The number of nitrogens with one attached hydrogen (secondary N) is 1. The molecule has 0 saturated carbocycles. The van der Waals surface area contributed by atoms with Gasteiger partial charge in [-0.3, -0.25) is 14.2 Å². The number of aryl methyl sites for hydroxylation is 2. The highest BCUT2D eigenvalue weighted by atomic mass is 32.2. The summed E-state index contributed by atoms with van der Waals surface area (Å²) in [5.74, 6) is 0.792. The van der Waals surface area contributed by atoms with Gasteiger partial charge in [-0.15, -0.1) is 11.3 Å². The van der Waals surface area contributed by atoms with Crippen LogP contribution in [-0.2, 0) is 31.2 Å². The molecule has 3 aromatic rings. The van der Waals surface area contributed by atoms with Gasteiger partial charge >= 0.3 is 0 Å². The van der Waals surface area contributed by atoms with Gasteiger partial charge in [0.25, 0.3) is 5.56 Å². The third-order valence-corrected chi connectivity index (χ3v) is 6.49. The zero-order valence-electron chi connectivity index (χ0n) is 13.7. The Labute approximate surface area is 152 Å². The van der Waals surface area contributed by atoms with Gasteiger partial charge in [0.2, 0.25) is 5.91 Å². The summed E-state index contributed by atoms with van der Waals surface area (Å²) < 4.78 is 6.74. The predicted molar refractivity (Wildman–Crippen MR) is 98.2 cm³/mol. The van der Waals surface area contributed by atoms with Crippen LogP contribution in [0, 0.1) is 0 Å². The fourth-order valence-corrected chi connectivity index (χ4v) is 5.12. The van der Waals surface area contributed by atoms with Gasteiger partial charge < -0.3 is 9.73 Å². The number of fused-ring (bicyclic) bond motifs is 3. The summed E-state index contributed by atoms with van der Waals surface area (Å²) in [6.07, 6.45) is 4.70. The van der Waals surface area contributed by atoms with E-state index in [-0.39, 0.29) is 17.2 Å². The molecule has 1 amide bonds. The standard InChI is InChI=1S/C17H17N3O3S2/c1-20-16(22)14-11-5-2-6-12(11)25-15(14)19-17(20)24-9-13(21)18-8-10-4-3-7-23-10/h3-4,7H,2,5-6,8-9H2,1H3,(H,18,21). The number of rotatable bonds is 5. The lowest BCUT2D eigenvalue weighted by molar-refractivity contribution is -0.118. The summed E-state index contributed by atoms with van der Waals surface area (Å²) in [5, 5.41) is 4.14. The first-order valence-corrected chi connectivity index (χ1v) is 9.87. The minimum Gasteiger partial charge on any atom is -0.467 e. The van der Waals surface area contributed by atoms with Crippen molar-refractivity contribution in [1.82, 2.24) is 14.9 Å². The SMILES string of the molecule is Cn1c(SCC(=O)NCc2ccco2)nc2sc3c(c2c1=O)CCC3. The molecule has 0 atom stereocenters. The van der Waals surface area contributed by atoms with E-state index in [1.807, 2.05) is 6.07 Å². The zero-order chi connectivity index (χ0) is 17.4. The second-order valence-corrected chi connectivity index (χ2v) is 7.97. The Hall–Kier alpha value is -2.06. The van der Waals surface area contributed by atoms with Crippen molar-refractivity contribution in [1.29, 1.82) is 0 Å². The van der Waals surface area contributed by atoms with E-state index < -0.39 is 0 Å². The summed E-state index contributed by atoms with van der Waals surface area (Å²) in [5.41, 5.74) is 1.17. The highest BCUT2D eigenvalue weighted by molar-refractivity contribution is 7.99. The number of amides is 1. The van der Waals surface area contributed by atoms with E-state index in [1.54, 1.807) is 35.3 Å². The van der Waals surface area contributed by atoms with Crippen molar-refractivity contribution in [2.75, 3.05) is 5.75 Å². The van der Waals surface area contributed by atoms with Crippen LogP contribution in [0.3, 0.4) is 0 Å². The van der Waals surface area contributed by atoms with Crippen molar-refractivity contribution in [2.24, 2.45) is 7.05 Å². The minimum absolute atomic E-state index is 0.0112. The molecule has 130 valence electrons. The van der Waals surface area contributed by atoms with Crippen molar-refractivity contribution < 1.29 is 9.21 Å². The number of hydrogen-bond acceptors (Lipinski definition) is 6. The second kappa shape index (κ2) is 6.68. The van der Waals surface area contributed by atoms with Gasteiger partial charge in [0, 0.05) is 11.9 Å². The molecule has 8 heteroatoms. The topological polar surface area (TPSA) is 77.1 Å². The van der Waals surface area contributed by atoms with E-state index in [1.165, 1.54) is 22.2 Å². The number of thiophene rings is 1. The van der Waals surface area contributed by atoms with Crippen LogP contribution in [0.15, 0.2) is 32.8 Å². The fourth-order valence-electron chi connectivity index (χ4n) is 3.01. The lowest BCUT2D eigenvalue weighted by Gasteiger charge is -2.07. The number of nitrogens with zero attached hydrogens (tertiary/aromatic N) is 2. The van der Waals surface area contributed by atoms with E-state index >= 15 is 0 Å². The number of furan rings is 1. The largest absolute Gasteiger partial charge is 0.467 e. The Kier molecular flexibility index (Phi) is 4.39. The maximum atomic E-state index is 12.7. The highest BCUT2D eigenvalue weighted by Gasteiger charge is 2.22. The molecule has 0 aromatic carbocycles. The lowest BCUT2D eigenvalue weighted by atomic mass is 10.2. The molecule has 4 rings (SSSR count). The molecular weight excluding hydrogens is 358 g/mol. The van der Waals surface area contributed by atoms with Crippen LogP contribution >= 0.6 is 23.1 Å². The molecule has 0 aliphatic heterocycles. The number of thioether (sulfide) groups is 1. The van der Waals surface area contributed by atoms with Gasteiger partial charge in [-0.2, -0.15) is 0 Å². The van der Waals surface area contributed by atoms with Crippen LogP contribution in [0.4, 0.5) is 0 Å². The van der Waals surface area contributed by atoms with Crippen molar-refractivity contribution in [3.63, 3.8) is 0 Å². The summed E-state index contributed by atoms with van der Waals surface area (Å²) in [6, 6.07) is 3.59. The number of carbonyl (C=O) groups excluding carboxylic acids is 1. The normalized spacial score (nSPS) is 13.3. The molecule has 25 heavy (non-hydrogen) atoms. The van der Waals surface area contributed by atoms with Crippen molar-refractivity contribution >= 4 is 39.2 Å². The second-order valence-electron chi connectivity index (χ2n) is 5.94. The van der Waals surface area contributed by atoms with Crippen LogP contribution in [0.25, 0.3) is 10.2 Å². The van der Waals surface area contributed by atoms with E-state index in [0.29, 0.717) is 17.5 Å². The van der Waals surface area contributed by atoms with Crippen LogP contribution in [0.1, 0.15) is 22.6 Å². The first-order chi connectivity index (χ1) is 12.1. The molecule has 3 heterocycles. The van der Waals surface area contributed by atoms with Gasteiger partial charge in [-0.1, -0.05) is 11.8 Å². The molecule has 6 nitrogen and oxygen atoms in total. The fraction of sp³-hybridized carbons (Fsp3) is 0.353. The Morgan fingerprint density at radius 2 is 2.36 bits per heavy atom. The molecule has 3 aromatic heterocycles. The molecule has 1 N–H and O–H groups in total. The summed E-state index contributed by atoms with van der Waals surface area (Å²) in [4.78, 5) is 31.4. The van der Waals surface area contributed by atoms with E-state index in [9.17, 15) is 9.59 Å². The molecular formula is C17H17N3O3S2. The molecule has 1 aliphatic carbocycles. The molecule has 1 aliphatic rings. The average molecular weight is 375 g/mol. The molecule has 0 bridgehead atoms. The molecule has 0 unspecified atom stereocenters. The van der Waals surface area contributed by atoms with Crippen LogP contribution in [0.2, 0.25) is 0 Å². The first-order valence-electron chi connectivity index (χ1n) is 8.06. The van der Waals surface area contributed by atoms with Gasteiger partial charge in [0.05, 0.1) is 23.9 Å². The molecule has 0 radical (unpaired) electrons. The minimum atomic E-state index is -0.121. The monoisotopic (exact) mass is 375 g/mol. The van der Waals surface area contributed by atoms with Crippen LogP contribution < -0.4 is 10.9 Å². The lowest BCUT2D eigenvalue weighted by Crippen LogP contribution is -2.25. The van der Waals surface area contributed by atoms with E-state index in [4.69, 9.17) is 4.42 Å². The predicted octanol–water partition coefficient (Wildman–Crippen LogP) is 2.49. The first kappa shape index (κ1) is 16.4.